The highest BCUT2D eigenvalue weighted by Crippen LogP contribution is 2.61. The average Bonchev–Trinajstić information content (AvgIpc) is 3.48. The molecule has 3 heterocycles. The Hall–Kier alpha value is -2.23. The molecule has 36 heavy (non-hydrogen) atoms. The summed E-state index contributed by atoms with van der Waals surface area (Å²) in [4.78, 5) is 43.9. The molecule has 2 bridgehead atoms. The Morgan fingerprint density at radius 1 is 1.25 bits per heavy atom. The molecule has 1 aliphatic carbocycles. The number of likely N-dealkylation sites (tertiary alicyclic amines) is 1. The minimum Gasteiger partial charge on any atom is -0.481 e. The van der Waals surface area contributed by atoms with Gasteiger partial charge in [-0.05, 0) is 24.8 Å². The number of nitrogens with zero attached hydrogens (tertiary/aromatic N) is 2. The number of halogens is 1. The van der Waals surface area contributed by atoms with E-state index in [-0.39, 0.29) is 16.8 Å². The van der Waals surface area contributed by atoms with E-state index >= 15 is 0 Å². The lowest BCUT2D eigenvalue weighted by Gasteiger charge is -2.42. The number of carbonyl (C=O) groups excluding carboxylic acids is 2. The van der Waals surface area contributed by atoms with Gasteiger partial charge in [0.2, 0.25) is 11.8 Å². The van der Waals surface area contributed by atoms with Gasteiger partial charge in [0.1, 0.15) is 11.6 Å². The fourth-order valence-corrected chi connectivity index (χ4v) is 8.04. The number of hydrogen-bond donors (Lipinski definition) is 2. The lowest BCUT2D eigenvalue weighted by Crippen LogP contribution is -2.59. The maximum atomic E-state index is 14.5. The molecular weight excluding hydrogens is 528 g/mol. The quantitative estimate of drug-likeness (QED) is 0.374. The van der Waals surface area contributed by atoms with Crippen LogP contribution in [0.4, 0.5) is 0 Å². The van der Waals surface area contributed by atoms with Gasteiger partial charge in [-0.2, -0.15) is 0 Å². The Balaban J connectivity index is 1.63. The first-order chi connectivity index (χ1) is 17.4. The van der Waals surface area contributed by atoms with Crippen LogP contribution in [0.2, 0.25) is 0 Å². The molecule has 4 aliphatic rings. The molecule has 7 atom stereocenters. The zero-order chi connectivity index (χ0) is 25.6. The number of rotatable bonds is 8. The molecule has 9 heteroatoms. The molecule has 2 amide bonds. The molecule has 0 radical (unpaired) electrons. The summed E-state index contributed by atoms with van der Waals surface area (Å²) in [5.74, 6) is -3.84. The molecule has 4 fully saturated rings. The van der Waals surface area contributed by atoms with Crippen LogP contribution in [0.1, 0.15) is 50.1 Å². The third-order valence-corrected chi connectivity index (χ3v) is 9.41. The summed E-state index contributed by atoms with van der Waals surface area (Å²) < 4.78 is 6.41. The normalized spacial score (nSPS) is 34.4. The highest BCUT2D eigenvalue weighted by atomic mass is 79.9. The Morgan fingerprint density at radius 3 is 2.56 bits per heavy atom. The van der Waals surface area contributed by atoms with Crippen molar-refractivity contribution < 1.29 is 29.3 Å². The summed E-state index contributed by atoms with van der Waals surface area (Å²) >= 11 is 3.59. The van der Waals surface area contributed by atoms with Crippen LogP contribution in [0.5, 0.6) is 0 Å². The highest BCUT2D eigenvalue weighted by Gasteiger charge is 2.77. The van der Waals surface area contributed by atoms with Crippen molar-refractivity contribution in [1.29, 1.82) is 0 Å². The number of carbonyl (C=O) groups is 3. The Labute approximate surface area is 219 Å². The maximum Gasteiger partial charge on any atom is 0.310 e. The maximum absolute atomic E-state index is 14.5. The second kappa shape index (κ2) is 9.91. The number of amides is 2. The van der Waals surface area contributed by atoms with Gasteiger partial charge in [0.15, 0.2) is 0 Å². The van der Waals surface area contributed by atoms with Crippen LogP contribution in [-0.2, 0) is 19.1 Å². The Kier molecular flexibility index (Phi) is 7.00. The molecule has 3 aliphatic heterocycles. The van der Waals surface area contributed by atoms with Gasteiger partial charge in [0.05, 0.1) is 30.6 Å². The second-order valence-corrected chi connectivity index (χ2v) is 11.6. The number of ether oxygens (including phenoxy) is 1. The van der Waals surface area contributed by atoms with Crippen LogP contribution in [0.3, 0.4) is 0 Å². The van der Waals surface area contributed by atoms with Gasteiger partial charge in [-0.15, -0.1) is 6.58 Å². The summed E-state index contributed by atoms with van der Waals surface area (Å²) in [6, 6.07) is 7.28. The molecule has 8 nitrogen and oxygen atoms in total. The van der Waals surface area contributed by atoms with Crippen molar-refractivity contribution in [3.05, 3.63) is 48.6 Å². The number of aliphatic carboxylic acids is 1. The van der Waals surface area contributed by atoms with E-state index in [9.17, 15) is 24.6 Å². The molecule has 2 N–H and O–H groups in total. The van der Waals surface area contributed by atoms with Gasteiger partial charge in [-0.25, -0.2) is 0 Å². The minimum atomic E-state index is -1.27. The van der Waals surface area contributed by atoms with Gasteiger partial charge in [-0.1, -0.05) is 71.6 Å². The SMILES string of the molecule is C=CCN(C(=O)[C@H]1N([C@H](CO)c2ccccc2)C(=O)[C@@H]2[C@@H](C(=O)O)[C@@H]3O[C@@]21CC3Br)C1CCCCC1. The van der Waals surface area contributed by atoms with Gasteiger partial charge in [0, 0.05) is 17.4 Å². The number of fused-ring (bicyclic) bond motifs is 1. The Bertz CT molecular complexity index is 1030. The summed E-state index contributed by atoms with van der Waals surface area (Å²) in [5.41, 5.74) is -0.584. The molecule has 1 unspecified atom stereocenters. The van der Waals surface area contributed by atoms with Gasteiger partial charge < -0.3 is 24.7 Å². The van der Waals surface area contributed by atoms with Crippen molar-refractivity contribution in [2.45, 2.75) is 73.2 Å². The van der Waals surface area contributed by atoms with Crippen LogP contribution in [0, 0.1) is 11.8 Å². The number of carboxylic acid groups (broad SMARTS) is 1. The molecule has 3 saturated heterocycles. The van der Waals surface area contributed by atoms with Crippen molar-refractivity contribution in [2.24, 2.45) is 11.8 Å². The molecule has 1 aromatic rings. The topological polar surface area (TPSA) is 107 Å². The van der Waals surface area contributed by atoms with E-state index in [2.05, 4.69) is 22.5 Å². The molecule has 0 aromatic heterocycles. The van der Waals surface area contributed by atoms with Crippen LogP contribution in [-0.4, -0.2) is 79.6 Å². The van der Waals surface area contributed by atoms with Gasteiger partial charge in [-0.3, -0.25) is 14.4 Å². The Morgan fingerprint density at radius 2 is 1.94 bits per heavy atom. The number of benzene rings is 1. The predicted octanol–water partition coefficient (Wildman–Crippen LogP) is 2.90. The monoisotopic (exact) mass is 560 g/mol. The number of aliphatic hydroxyl groups is 1. The van der Waals surface area contributed by atoms with E-state index in [0.717, 1.165) is 32.1 Å². The third kappa shape index (κ3) is 3.82. The zero-order valence-corrected chi connectivity index (χ0v) is 21.8. The molecular formula is C27H33BrN2O6. The summed E-state index contributed by atoms with van der Waals surface area (Å²) in [6.07, 6.45) is 6.29. The van der Waals surface area contributed by atoms with E-state index < -0.39 is 54.1 Å². The third-order valence-electron chi connectivity index (χ3n) is 8.56. The molecule has 1 spiro atoms. The number of aliphatic hydroxyl groups excluding tert-OH is 1. The van der Waals surface area contributed by atoms with E-state index in [1.807, 2.05) is 35.2 Å². The van der Waals surface area contributed by atoms with E-state index in [1.54, 1.807) is 6.08 Å². The molecule has 1 saturated carbocycles. The molecule has 5 rings (SSSR count). The number of hydrogen-bond acceptors (Lipinski definition) is 5. The zero-order valence-electron chi connectivity index (χ0n) is 20.2. The molecule has 194 valence electrons. The number of alkyl halides is 1. The summed E-state index contributed by atoms with van der Waals surface area (Å²) in [5, 5.41) is 20.6. The van der Waals surface area contributed by atoms with Gasteiger partial charge in [0.25, 0.3) is 0 Å². The summed E-state index contributed by atoms with van der Waals surface area (Å²) in [7, 11) is 0. The van der Waals surface area contributed by atoms with E-state index in [1.165, 1.54) is 4.90 Å². The fourth-order valence-electron chi connectivity index (χ4n) is 7.10. The average molecular weight is 561 g/mol. The highest BCUT2D eigenvalue weighted by molar-refractivity contribution is 9.09. The molecule has 1 aromatic carbocycles. The van der Waals surface area contributed by atoms with Gasteiger partial charge >= 0.3 is 5.97 Å². The van der Waals surface area contributed by atoms with Crippen molar-refractivity contribution in [3.63, 3.8) is 0 Å². The first kappa shape index (κ1) is 25.4. The standard InChI is InChI=1S/C27H33BrN2O6/c1-2-13-29(17-11-7-4-8-12-17)25(33)23-27-14-18(28)22(36-27)20(26(34)35)21(27)24(32)30(23)19(15-31)16-9-5-3-6-10-16/h2-3,5-6,9-10,17-23,31H,1,4,7-8,11-15H2,(H,34,35)/t18?,19-,20-,21+,22-,23-,27+/m1/s1. The lowest BCUT2D eigenvalue weighted by atomic mass is 9.70. The van der Waals surface area contributed by atoms with Crippen LogP contribution in [0.25, 0.3) is 0 Å². The first-order valence-corrected chi connectivity index (χ1v) is 13.7. The van der Waals surface area contributed by atoms with Crippen molar-refractivity contribution in [3.8, 4) is 0 Å². The van der Waals surface area contributed by atoms with Crippen LogP contribution in [0.15, 0.2) is 43.0 Å². The minimum absolute atomic E-state index is 0.0228. The second-order valence-electron chi connectivity index (χ2n) is 10.4. The van der Waals surface area contributed by atoms with Crippen molar-refractivity contribution in [2.75, 3.05) is 13.2 Å². The van der Waals surface area contributed by atoms with Crippen molar-refractivity contribution in [1.82, 2.24) is 9.80 Å². The van der Waals surface area contributed by atoms with Crippen molar-refractivity contribution >= 4 is 33.7 Å². The van der Waals surface area contributed by atoms with E-state index in [0.29, 0.717) is 18.5 Å². The largest absolute Gasteiger partial charge is 0.481 e. The lowest BCUT2D eigenvalue weighted by molar-refractivity contribution is -0.154. The first-order valence-electron chi connectivity index (χ1n) is 12.8. The van der Waals surface area contributed by atoms with Crippen LogP contribution < -0.4 is 0 Å². The number of carboxylic acids is 1. The van der Waals surface area contributed by atoms with E-state index in [4.69, 9.17) is 4.74 Å². The predicted molar refractivity (Wildman–Crippen MR) is 135 cm³/mol. The fraction of sp³-hybridized carbons (Fsp3) is 0.593. The smallest absolute Gasteiger partial charge is 0.310 e. The van der Waals surface area contributed by atoms with Crippen LogP contribution >= 0.6 is 15.9 Å². The summed E-state index contributed by atoms with van der Waals surface area (Å²) in [6.45, 7) is 3.80.